The van der Waals surface area contributed by atoms with Crippen molar-refractivity contribution in [1.82, 2.24) is 0 Å². The van der Waals surface area contributed by atoms with Gasteiger partial charge in [-0.25, -0.2) is 0 Å². The number of rotatable bonds is 11. The summed E-state index contributed by atoms with van der Waals surface area (Å²) in [5, 5.41) is 5.22. The number of nitrogens with zero attached hydrogens (tertiary/aromatic N) is 3. The summed E-state index contributed by atoms with van der Waals surface area (Å²) in [5.41, 5.74) is 16.7. The first-order valence-electron chi connectivity index (χ1n) is 24.8. The molecule has 0 aliphatic rings. The van der Waals surface area contributed by atoms with Crippen molar-refractivity contribution in [2.45, 2.75) is 13.8 Å². The number of hydrogen-bond donors (Lipinski definition) is 0. The van der Waals surface area contributed by atoms with Gasteiger partial charge < -0.3 is 14.7 Å². The van der Waals surface area contributed by atoms with E-state index < -0.39 is 0 Å². The van der Waals surface area contributed by atoms with Crippen LogP contribution in [0, 0.1) is 13.8 Å². The van der Waals surface area contributed by atoms with Crippen molar-refractivity contribution in [1.29, 1.82) is 0 Å². The fourth-order valence-electron chi connectivity index (χ4n) is 10.5. The van der Waals surface area contributed by atoms with Crippen LogP contribution in [0.2, 0.25) is 0 Å². The lowest BCUT2D eigenvalue weighted by Gasteiger charge is -2.33. The van der Waals surface area contributed by atoms with E-state index in [9.17, 15) is 0 Å². The summed E-state index contributed by atoms with van der Waals surface area (Å²) in [6.45, 7) is 4.34. The number of benzene rings is 11. The van der Waals surface area contributed by atoms with Crippen molar-refractivity contribution in [3.8, 4) is 22.3 Å². The lowest BCUT2D eigenvalue weighted by Crippen LogP contribution is -2.16. The second-order valence-electron chi connectivity index (χ2n) is 18.7. The Morgan fingerprint density at radius 3 is 1.22 bits per heavy atom. The molecule has 13 aromatic rings. The fourth-order valence-corrected chi connectivity index (χ4v) is 12.8. The molecule has 0 saturated carbocycles. The normalized spacial score (nSPS) is 11.4. The lowest BCUT2D eigenvalue weighted by molar-refractivity contribution is 1.22. The summed E-state index contributed by atoms with van der Waals surface area (Å²) in [6, 6.07) is 95.5. The number of hydrogen-bond acceptors (Lipinski definition) is 5. The summed E-state index contributed by atoms with van der Waals surface area (Å²) in [5.74, 6) is 0. The Kier molecular flexibility index (Phi) is 11.4. The molecular weight excluding hydrogens is 923 g/mol. The molecule has 0 unspecified atom stereocenters. The van der Waals surface area contributed by atoms with Crippen molar-refractivity contribution >= 4 is 114 Å². The van der Waals surface area contributed by atoms with Crippen LogP contribution in [-0.2, 0) is 0 Å². The number of fused-ring (bicyclic) bond motifs is 6. The van der Waals surface area contributed by atoms with Crippen LogP contribution < -0.4 is 14.7 Å². The highest BCUT2D eigenvalue weighted by atomic mass is 32.1. The molecule has 3 nitrogen and oxygen atoms in total. The molecule has 2 heterocycles. The third-order valence-electron chi connectivity index (χ3n) is 13.9. The molecular formula is C68H49N3S2. The van der Waals surface area contributed by atoms with Gasteiger partial charge in [0.1, 0.15) is 0 Å². The van der Waals surface area contributed by atoms with E-state index in [2.05, 4.69) is 289 Å². The van der Waals surface area contributed by atoms with Gasteiger partial charge in [0.2, 0.25) is 0 Å². The van der Waals surface area contributed by atoms with Gasteiger partial charge in [-0.1, -0.05) is 146 Å². The van der Waals surface area contributed by atoms with E-state index in [0.29, 0.717) is 0 Å². The van der Waals surface area contributed by atoms with Gasteiger partial charge in [0.15, 0.2) is 0 Å². The smallest absolute Gasteiger partial charge is 0.0503 e. The molecule has 0 atom stereocenters. The fraction of sp³-hybridized carbons (Fsp3) is 0.0294. The molecule has 73 heavy (non-hydrogen) atoms. The Hall–Kier alpha value is -8.74. The maximum absolute atomic E-state index is 2.40. The van der Waals surface area contributed by atoms with Crippen LogP contribution in [0.3, 0.4) is 0 Å². The third kappa shape index (κ3) is 8.39. The minimum absolute atomic E-state index is 1.02. The molecule has 0 aliphatic heterocycles. The zero-order valence-electron chi connectivity index (χ0n) is 40.5. The summed E-state index contributed by atoms with van der Waals surface area (Å²) in [7, 11) is 0. The van der Waals surface area contributed by atoms with Crippen LogP contribution in [0.4, 0.5) is 51.2 Å². The van der Waals surface area contributed by atoms with Gasteiger partial charge in [-0.05, 0) is 162 Å². The Morgan fingerprint density at radius 1 is 0.247 bits per heavy atom. The average Bonchev–Trinajstić information content (AvgIpc) is 4.01. The monoisotopic (exact) mass is 971 g/mol. The van der Waals surface area contributed by atoms with E-state index in [0.717, 1.165) is 51.2 Å². The van der Waals surface area contributed by atoms with Crippen LogP contribution in [0.5, 0.6) is 0 Å². The van der Waals surface area contributed by atoms with Crippen molar-refractivity contribution in [3.63, 3.8) is 0 Å². The summed E-state index contributed by atoms with van der Waals surface area (Å²) < 4.78 is 5.25. The molecule has 13 rings (SSSR count). The molecule has 0 aliphatic carbocycles. The van der Waals surface area contributed by atoms with E-state index in [4.69, 9.17) is 0 Å². The Balaban J connectivity index is 0.995. The molecule has 0 amide bonds. The lowest BCUT2D eigenvalue weighted by atomic mass is 10.0. The maximum atomic E-state index is 2.40. The molecule has 0 spiro atoms. The molecule has 0 radical (unpaired) electrons. The molecule has 2 aromatic heterocycles. The Morgan fingerprint density at radius 2 is 0.658 bits per heavy atom. The average molecular weight is 972 g/mol. The van der Waals surface area contributed by atoms with E-state index in [1.54, 1.807) is 0 Å². The maximum Gasteiger partial charge on any atom is 0.0503 e. The van der Waals surface area contributed by atoms with Gasteiger partial charge in [-0.15, -0.1) is 22.7 Å². The molecule has 348 valence electrons. The SMILES string of the molecule is Cc1cccc(N(c2cccc(C)c2)c2cc(N(c3ccccc3)c3ccc(-c4ccc5sc6ccccc6c5c4)cc3)cc(N(c3ccccc3)c3ccc(-c4cccc5c4sc4ccccc45)cc3)c2)c1. The van der Waals surface area contributed by atoms with Crippen LogP contribution in [0.1, 0.15) is 11.1 Å². The molecule has 5 heteroatoms. The Labute approximate surface area is 434 Å². The second kappa shape index (κ2) is 18.8. The predicted molar refractivity (Wildman–Crippen MR) is 317 cm³/mol. The molecule has 0 fully saturated rings. The van der Waals surface area contributed by atoms with Crippen molar-refractivity contribution in [2.24, 2.45) is 0 Å². The van der Waals surface area contributed by atoms with Crippen molar-refractivity contribution in [3.05, 3.63) is 272 Å². The van der Waals surface area contributed by atoms with Gasteiger partial charge in [0, 0.05) is 74.5 Å². The summed E-state index contributed by atoms with van der Waals surface area (Å²) in [6.07, 6.45) is 0. The first kappa shape index (κ1) is 44.2. The van der Waals surface area contributed by atoms with Crippen LogP contribution >= 0.6 is 22.7 Å². The standard InChI is InChI=1S/C68H49N3S2/c1-46-16-13-22-55(40-46)71(56-23-14-17-47(2)41-56)59-44-57(69(51-18-5-3-6-19-51)53-35-30-48(31-36-53)50-34-39-67-64(42-50)62-25-10-11-28-65(62)72-67)43-58(45-59)70(52-20-7-4-8-21-52)54-37-32-49(33-38-54)60-26-15-27-63-61-24-9-12-29-66(61)73-68(60)63/h3-45H,1-2H3. The zero-order valence-corrected chi connectivity index (χ0v) is 42.1. The highest BCUT2D eigenvalue weighted by molar-refractivity contribution is 7.26. The van der Waals surface area contributed by atoms with Crippen molar-refractivity contribution < 1.29 is 0 Å². The highest BCUT2D eigenvalue weighted by Gasteiger charge is 2.23. The number of thiophene rings is 2. The van der Waals surface area contributed by atoms with E-state index in [1.165, 1.54) is 73.7 Å². The predicted octanol–water partition coefficient (Wildman–Crippen LogP) is 20.8. The van der Waals surface area contributed by atoms with Gasteiger partial charge in [-0.2, -0.15) is 0 Å². The first-order chi connectivity index (χ1) is 36.0. The van der Waals surface area contributed by atoms with E-state index >= 15 is 0 Å². The van der Waals surface area contributed by atoms with Crippen LogP contribution in [-0.4, -0.2) is 0 Å². The molecule has 0 bridgehead atoms. The number of para-hydroxylation sites is 2. The zero-order chi connectivity index (χ0) is 48.8. The topological polar surface area (TPSA) is 9.72 Å². The quantitative estimate of drug-likeness (QED) is 0.128. The van der Waals surface area contributed by atoms with Gasteiger partial charge in [0.25, 0.3) is 0 Å². The van der Waals surface area contributed by atoms with Gasteiger partial charge in [0.05, 0.1) is 17.1 Å². The number of aryl methyl sites for hydroxylation is 2. The Bertz CT molecular complexity index is 4070. The summed E-state index contributed by atoms with van der Waals surface area (Å²) in [4.78, 5) is 7.20. The minimum atomic E-state index is 1.02. The second-order valence-corrected chi connectivity index (χ2v) is 20.9. The largest absolute Gasteiger partial charge is 0.310 e. The van der Waals surface area contributed by atoms with Crippen molar-refractivity contribution in [2.75, 3.05) is 14.7 Å². The summed E-state index contributed by atoms with van der Waals surface area (Å²) >= 11 is 3.73. The highest BCUT2D eigenvalue weighted by Crippen LogP contribution is 2.48. The van der Waals surface area contributed by atoms with Gasteiger partial charge in [-0.3, -0.25) is 0 Å². The molecule has 11 aromatic carbocycles. The third-order valence-corrected chi connectivity index (χ3v) is 16.3. The van der Waals surface area contributed by atoms with Crippen LogP contribution in [0.15, 0.2) is 261 Å². The van der Waals surface area contributed by atoms with Gasteiger partial charge >= 0.3 is 0 Å². The first-order valence-corrected chi connectivity index (χ1v) is 26.4. The minimum Gasteiger partial charge on any atom is -0.310 e. The molecule has 0 saturated heterocycles. The van der Waals surface area contributed by atoms with E-state index in [1.807, 2.05) is 22.7 Å². The van der Waals surface area contributed by atoms with Crippen LogP contribution in [0.25, 0.3) is 62.6 Å². The van der Waals surface area contributed by atoms with E-state index in [-0.39, 0.29) is 0 Å². The number of anilines is 9. The molecule has 0 N–H and O–H groups in total.